The molecule has 0 bridgehead atoms. The molecule has 3 fully saturated rings. The van der Waals surface area contributed by atoms with E-state index in [4.69, 9.17) is 5.11 Å². The zero-order chi connectivity index (χ0) is 32.6. The summed E-state index contributed by atoms with van der Waals surface area (Å²) in [4.78, 5) is 61.6. The first-order valence-electron chi connectivity index (χ1n) is 17.6. The van der Waals surface area contributed by atoms with Gasteiger partial charge in [0.2, 0.25) is 11.8 Å². The second-order valence-corrected chi connectivity index (χ2v) is 15.8. The minimum Gasteiger partial charge on any atom is -0.481 e. The van der Waals surface area contributed by atoms with E-state index in [0.717, 1.165) is 75.5 Å². The van der Waals surface area contributed by atoms with E-state index >= 15 is 0 Å². The van der Waals surface area contributed by atoms with Crippen molar-refractivity contribution in [1.29, 1.82) is 0 Å². The van der Waals surface area contributed by atoms with Gasteiger partial charge >= 0.3 is 5.97 Å². The number of carbonyl (C=O) groups is 5. The number of rotatable bonds is 17. The fourth-order valence-electron chi connectivity index (χ4n) is 9.54. The lowest BCUT2D eigenvalue weighted by Crippen LogP contribution is -2.51. The Labute approximate surface area is 274 Å². The highest BCUT2D eigenvalue weighted by atomic mass is 32.2. The molecular weight excluding hydrogens is 588 g/mol. The van der Waals surface area contributed by atoms with Gasteiger partial charge in [-0.05, 0) is 112 Å². The summed E-state index contributed by atoms with van der Waals surface area (Å²) >= 11 is 1.60. The lowest BCUT2D eigenvalue weighted by atomic mass is 9.46. The average molecular weight is 645 g/mol. The van der Waals surface area contributed by atoms with Crippen LogP contribution in [0.4, 0.5) is 0 Å². The minimum atomic E-state index is -0.782. The van der Waals surface area contributed by atoms with E-state index in [1.54, 1.807) is 18.7 Å². The van der Waals surface area contributed by atoms with Gasteiger partial charge < -0.3 is 15.7 Å². The summed E-state index contributed by atoms with van der Waals surface area (Å²) < 4.78 is 0. The van der Waals surface area contributed by atoms with Crippen LogP contribution < -0.4 is 10.6 Å². The molecule has 4 aliphatic rings. The fourth-order valence-corrected chi connectivity index (χ4v) is 10.8. The van der Waals surface area contributed by atoms with Gasteiger partial charge in [-0.15, -0.1) is 11.8 Å². The van der Waals surface area contributed by atoms with Crippen LogP contribution in [-0.4, -0.2) is 53.3 Å². The predicted molar refractivity (Wildman–Crippen MR) is 177 cm³/mol. The van der Waals surface area contributed by atoms with Crippen molar-refractivity contribution >= 4 is 41.1 Å². The molecule has 8 nitrogen and oxygen atoms in total. The van der Waals surface area contributed by atoms with Crippen molar-refractivity contribution in [2.45, 2.75) is 130 Å². The Bertz CT molecular complexity index is 1150. The van der Waals surface area contributed by atoms with Gasteiger partial charge in [-0.1, -0.05) is 26.7 Å². The van der Waals surface area contributed by atoms with Crippen molar-refractivity contribution in [3.8, 4) is 0 Å². The largest absolute Gasteiger partial charge is 0.481 e. The second-order valence-electron chi connectivity index (χ2n) is 14.7. The number of hydrogen-bond acceptors (Lipinski definition) is 6. The van der Waals surface area contributed by atoms with Crippen molar-refractivity contribution in [1.82, 2.24) is 10.6 Å². The fraction of sp³-hybridized carbons (Fsp3) is 0.806. The van der Waals surface area contributed by atoms with Gasteiger partial charge in [0.05, 0.1) is 4.91 Å². The molecule has 252 valence electrons. The number of amides is 2. The number of hydrogen-bond donors (Lipinski definition) is 3. The lowest BCUT2D eigenvalue weighted by molar-refractivity contribution is -0.137. The van der Waals surface area contributed by atoms with Gasteiger partial charge in [-0.3, -0.25) is 24.0 Å². The van der Waals surface area contributed by atoms with Crippen molar-refractivity contribution < 1.29 is 29.1 Å². The van der Waals surface area contributed by atoms with E-state index < -0.39 is 5.97 Å². The first kappa shape index (κ1) is 35.7. The zero-order valence-electron chi connectivity index (χ0n) is 27.8. The molecule has 0 radical (unpaired) electrons. The molecule has 9 heteroatoms. The topological polar surface area (TPSA) is 130 Å². The number of carboxylic acid groups (broad SMARTS) is 1. The summed E-state index contributed by atoms with van der Waals surface area (Å²) in [6, 6.07) is 0. The number of fused-ring (bicyclic) bond motifs is 5. The van der Waals surface area contributed by atoms with E-state index in [1.165, 1.54) is 12.0 Å². The SMILES string of the molecule is CC(=O)[C@H]1CC[C@H]2[C@@H]3CCC4=C(SCCC(=O)NCCCCCC(=O)NCCCCCC(=O)O)C(=O)CC[C@]4(C)[C@H]3CC[C@]12C. The molecule has 0 heterocycles. The van der Waals surface area contributed by atoms with Gasteiger partial charge in [-0.25, -0.2) is 0 Å². The van der Waals surface area contributed by atoms with E-state index in [2.05, 4.69) is 24.5 Å². The van der Waals surface area contributed by atoms with Gasteiger partial charge in [-0.2, -0.15) is 0 Å². The van der Waals surface area contributed by atoms with Crippen LogP contribution in [-0.2, 0) is 24.0 Å². The molecule has 0 aromatic carbocycles. The maximum atomic E-state index is 13.2. The molecule has 2 amide bonds. The van der Waals surface area contributed by atoms with Crippen LogP contribution in [0.1, 0.15) is 130 Å². The monoisotopic (exact) mass is 644 g/mol. The number of carbonyl (C=O) groups excluding carboxylic acids is 4. The Morgan fingerprint density at radius 2 is 1.47 bits per heavy atom. The molecule has 0 spiro atoms. The van der Waals surface area contributed by atoms with Crippen molar-refractivity contribution in [3.63, 3.8) is 0 Å². The number of allylic oxidation sites excluding steroid dienone is 1. The molecule has 0 aliphatic heterocycles. The van der Waals surface area contributed by atoms with Gasteiger partial charge in [0.15, 0.2) is 5.78 Å². The molecule has 0 saturated heterocycles. The molecule has 4 aliphatic carbocycles. The number of aliphatic carboxylic acids is 1. The van der Waals surface area contributed by atoms with Gasteiger partial charge in [0, 0.05) is 50.4 Å². The van der Waals surface area contributed by atoms with E-state index in [9.17, 15) is 24.0 Å². The first-order valence-corrected chi connectivity index (χ1v) is 18.6. The summed E-state index contributed by atoms with van der Waals surface area (Å²) in [5.41, 5.74) is 1.55. The van der Waals surface area contributed by atoms with Gasteiger partial charge in [0.25, 0.3) is 0 Å². The number of Topliss-reactive ketones (excluding diaryl/α,β-unsaturated/α-hetero) is 2. The highest BCUT2D eigenvalue weighted by Gasteiger charge is 2.60. The Balaban J connectivity index is 1.15. The Morgan fingerprint density at radius 3 is 2.13 bits per heavy atom. The average Bonchev–Trinajstić information content (AvgIpc) is 3.35. The van der Waals surface area contributed by atoms with Crippen molar-refractivity contribution in [2.75, 3.05) is 18.8 Å². The third-order valence-electron chi connectivity index (χ3n) is 11.9. The van der Waals surface area contributed by atoms with Crippen LogP contribution >= 0.6 is 11.8 Å². The standard InChI is InChI=1S/C36H56N2O6S/c1-24(39)26-14-15-27-25-12-13-29-34(30(40)17-20-36(29,3)28(25)16-19-35(26,27)2)45-23-18-32(42)38-22-8-4-6-10-31(41)37-21-9-5-7-11-33(43)44/h25-28H,4-23H2,1-3H3,(H,37,41)(H,38,42)(H,43,44)/t25-,26+,27-,28-,35+,36+/m0/s1. The number of thioether (sulfide) groups is 1. The third-order valence-corrected chi connectivity index (χ3v) is 13.1. The summed E-state index contributed by atoms with van der Waals surface area (Å²) in [6.07, 6.45) is 13.8. The van der Waals surface area contributed by atoms with E-state index in [-0.39, 0.29) is 40.8 Å². The number of carboxylic acids is 1. The Morgan fingerprint density at radius 1 is 0.800 bits per heavy atom. The summed E-state index contributed by atoms with van der Waals surface area (Å²) in [5.74, 6) is 2.54. The second kappa shape index (κ2) is 16.1. The number of nitrogens with one attached hydrogen (secondary N) is 2. The van der Waals surface area contributed by atoms with Crippen LogP contribution in [0, 0.1) is 34.5 Å². The normalized spacial score (nSPS) is 30.7. The van der Waals surface area contributed by atoms with Crippen LogP contribution in [0.2, 0.25) is 0 Å². The molecule has 6 atom stereocenters. The van der Waals surface area contributed by atoms with Crippen molar-refractivity contribution in [2.24, 2.45) is 34.5 Å². The Kier molecular flexibility index (Phi) is 12.8. The van der Waals surface area contributed by atoms with Crippen LogP contribution in [0.5, 0.6) is 0 Å². The molecule has 0 aromatic heterocycles. The molecule has 0 aromatic rings. The molecule has 3 saturated carbocycles. The van der Waals surface area contributed by atoms with Crippen LogP contribution in [0.3, 0.4) is 0 Å². The summed E-state index contributed by atoms with van der Waals surface area (Å²) in [5, 5.41) is 14.5. The zero-order valence-corrected chi connectivity index (χ0v) is 28.7. The van der Waals surface area contributed by atoms with Crippen LogP contribution in [0.15, 0.2) is 10.5 Å². The molecular formula is C36H56N2O6S. The number of ketones is 2. The number of unbranched alkanes of at least 4 members (excludes halogenated alkanes) is 4. The first-order chi connectivity index (χ1) is 21.5. The highest BCUT2D eigenvalue weighted by Crippen LogP contribution is 2.67. The quantitative estimate of drug-likeness (QED) is 0.152. The third kappa shape index (κ3) is 8.61. The summed E-state index contributed by atoms with van der Waals surface area (Å²) in [7, 11) is 0. The van der Waals surface area contributed by atoms with Gasteiger partial charge in [0.1, 0.15) is 5.78 Å². The Hall–Kier alpha value is -2.16. The van der Waals surface area contributed by atoms with Crippen molar-refractivity contribution in [3.05, 3.63) is 10.5 Å². The lowest BCUT2D eigenvalue weighted by Gasteiger charge is -2.58. The molecule has 4 rings (SSSR count). The summed E-state index contributed by atoms with van der Waals surface area (Å²) in [6.45, 7) is 7.75. The molecule has 0 unspecified atom stereocenters. The van der Waals surface area contributed by atoms with Crippen LogP contribution in [0.25, 0.3) is 0 Å². The maximum Gasteiger partial charge on any atom is 0.303 e. The molecule has 3 N–H and O–H groups in total. The van der Waals surface area contributed by atoms with E-state index in [1.807, 2.05) is 0 Å². The highest BCUT2D eigenvalue weighted by molar-refractivity contribution is 8.04. The minimum absolute atomic E-state index is 0.0105. The maximum absolute atomic E-state index is 13.2. The smallest absolute Gasteiger partial charge is 0.303 e. The molecule has 45 heavy (non-hydrogen) atoms. The van der Waals surface area contributed by atoms with E-state index in [0.29, 0.717) is 68.1 Å². The predicted octanol–water partition coefficient (Wildman–Crippen LogP) is 6.61.